The van der Waals surface area contributed by atoms with Crippen molar-refractivity contribution in [1.82, 2.24) is 0 Å². The summed E-state index contributed by atoms with van der Waals surface area (Å²) in [5.41, 5.74) is -0.770. The Labute approximate surface area is 103 Å². The van der Waals surface area contributed by atoms with Crippen molar-refractivity contribution in [2.24, 2.45) is 0 Å². The third kappa shape index (κ3) is 3.38. The van der Waals surface area contributed by atoms with Crippen molar-refractivity contribution in [3.05, 3.63) is 29.8 Å². The first-order chi connectivity index (χ1) is 8.40. The molecule has 0 unspecified atom stereocenters. The van der Waals surface area contributed by atoms with E-state index in [0.29, 0.717) is 0 Å². The van der Waals surface area contributed by atoms with Gasteiger partial charge in [-0.3, -0.25) is 4.79 Å². The van der Waals surface area contributed by atoms with Crippen LogP contribution in [0.3, 0.4) is 0 Å². The van der Waals surface area contributed by atoms with Gasteiger partial charge in [-0.2, -0.15) is 13.2 Å². The van der Waals surface area contributed by atoms with Crippen molar-refractivity contribution >= 4 is 11.7 Å². The molecule has 0 aliphatic carbocycles. The first kappa shape index (κ1) is 14.3. The molecule has 0 amide bonds. The van der Waals surface area contributed by atoms with E-state index in [4.69, 9.17) is 0 Å². The monoisotopic (exact) mass is 261 g/mol. The van der Waals surface area contributed by atoms with Crippen LogP contribution in [0.25, 0.3) is 0 Å². The quantitative estimate of drug-likeness (QED) is 0.780. The van der Waals surface area contributed by atoms with E-state index in [9.17, 15) is 18.0 Å². The second-order valence-electron chi connectivity index (χ2n) is 3.61. The maximum Gasteiger partial charge on any atom is 0.418 e. The normalized spacial score (nSPS) is 11.2. The molecule has 1 rings (SSSR count). The van der Waals surface area contributed by atoms with Crippen LogP contribution >= 0.6 is 0 Å². The maximum atomic E-state index is 12.8. The summed E-state index contributed by atoms with van der Waals surface area (Å²) < 4.78 is 42.9. The number of rotatable bonds is 4. The Morgan fingerprint density at radius 1 is 1.33 bits per heavy atom. The summed E-state index contributed by atoms with van der Waals surface area (Å²) in [6, 6.07) is 5.16. The minimum Gasteiger partial charge on any atom is -0.468 e. The van der Waals surface area contributed by atoms with Gasteiger partial charge < -0.3 is 9.64 Å². The third-order valence-corrected chi connectivity index (χ3v) is 2.48. The van der Waals surface area contributed by atoms with Gasteiger partial charge in [0, 0.05) is 12.2 Å². The fourth-order valence-electron chi connectivity index (χ4n) is 1.58. The lowest BCUT2D eigenvalue weighted by Crippen LogP contribution is -2.32. The number of anilines is 1. The lowest BCUT2D eigenvalue weighted by molar-refractivity contribution is -0.140. The molecule has 1 aromatic carbocycles. The summed E-state index contributed by atoms with van der Waals surface area (Å²) in [7, 11) is 1.20. The van der Waals surface area contributed by atoms with Crippen LogP contribution in [0.15, 0.2) is 24.3 Å². The van der Waals surface area contributed by atoms with Crippen molar-refractivity contribution in [3.63, 3.8) is 0 Å². The molecule has 0 fully saturated rings. The van der Waals surface area contributed by atoms with Gasteiger partial charge in [-0.25, -0.2) is 0 Å². The largest absolute Gasteiger partial charge is 0.468 e. The molecule has 0 atom stereocenters. The molecule has 0 saturated heterocycles. The highest BCUT2D eigenvalue weighted by Crippen LogP contribution is 2.36. The van der Waals surface area contributed by atoms with E-state index >= 15 is 0 Å². The Kier molecular flexibility index (Phi) is 4.58. The van der Waals surface area contributed by atoms with Gasteiger partial charge in [-0.15, -0.1) is 0 Å². The summed E-state index contributed by atoms with van der Waals surface area (Å²) in [6.45, 7) is 1.75. The number of benzene rings is 1. The highest BCUT2D eigenvalue weighted by molar-refractivity contribution is 5.76. The molecule has 6 heteroatoms. The molecule has 1 aromatic rings. The fraction of sp³-hybridized carbons (Fsp3) is 0.417. The number of ether oxygens (including phenoxy) is 1. The van der Waals surface area contributed by atoms with Crippen LogP contribution < -0.4 is 4.90 Å². The first-order valence-electron chi connectivity index (χ1n) is 5.38. The molecule has 0 heterocycles. The standard InChI is InChI=1S/C12H14F3NO2/c1-3-16(8-11(17)18-2)10-7-5-4-6-9(10)12(13,14)15/h4-7H,3,8H2,1-2H3. The SMILES string of the molecule is CCN(CC(=O)OC)c1ccccc1C(F)(F)F. The molecule has 0 aromatic heterocycles. The number of nitrogens with zero attached hydrogens (tertiary/aromatic N) is 1. The second kappa shape index (κ2) is 5.75. The van der Waals surface area contributed by atoms with Gasteiger partial charge in [0.15, 0.2) is 0 Å². The predicted molar refractivity (Wildman–Crippen MR) is 61.3 cm³/mol. The minimum absolute atomic E-state index is 0.0158. The summed E-state index contributed by atoms with van der Waals surface area (Å²) in [6.07, 6.45) is -4.44. The smallest absolute Gasteiger partial charge is 0.418 e. The molecular weight excluding hydrogens is 247 g/mol. The number of esters is 1. The number of methoxy groups -OCH3 is 1. The van der Waals surface area contributed by atoms with Crippen molar-refractivity contribution in [3.8, 4) is 0 Å². The maximum absolute atomic E-state index is 12.8. The summed E-state index contributed by atoms with van der Waals surface area (Å²) in [5, 5.41) is 0. The zero-order valence-electron chi connectivity index (χ0n) is 10.1. The number of carbonyl (C=O) groups is 1. The topological polar surface area (TPSA) is 29.5 Å². The second-order valence-corrected chi connectivity index (χ2v) is 3.61. The summed E-state index contributed by atoms with van der Waals surface area (Å²) in [5.74, 6) is -0.575. The lowest BCUT2D eigenvalue weighted by Gasteiger charge is -2.25. The zero-order chi connectivity index (χ0) is 13.8. The van der Waals surface area contributed by atoms with Crippen LogP contribution in [-0.2, 0) is 15.7 Å². The number of likely N-dealkylation sites (N-methyl/N-ethyl adjacent to an activating group) is 1. The summed E-state index contributed by atoms with van der Waals surface area (Å²) in [4.78, 5) is 12.5. The van der Waals surface area contributed by atoms with Gasteiger partial charge in [-0.05, 0) is 19.1 Å². The Morgan fingerprint density at radius 3 is 2.44 bits per heavy atom. The number of halogens is 3. The van der Waals surface area contributed by atoms with E-state index in [1.807, 2.05) is 0 Å². The number of para-hydroxylation sites is 1. The van der Waals surface area contributed by atoms with Gasteiger partial charge in [-0.1, -0.05) is 12.1 Å². The Bertz CT molecular complexity index is 418. The van der Waals surface area contributed by atoms with Crippen LogP contribution in [0.2, 0.25) is 0 Å². The predicted octanol–water partition coefficient (Wildman–Crippen LogP) is 2.70. The van der Waals surface area contributed by atoms with Crippen LogP contribution in [0, 0.1) is 0 Å². The third-order valence-electron chi connectivity index (χ3n) is 2.48. The molecule has 0 aliphatic heterocycles. The van der Waals surface area contributed by atoms with Crippen molar-refractivity contribution in [2.75, 3.05) is 25.1 Å². The molecule has 3 nitrogen and oxygen atoms in total. The van der Waals surface area contributed by atoms with Crippen molar-refractivity contribution < 1.29 is 22.7 Å². The molecular formula is C12H14F3NO2. The first-order valence-corrected chi connectivity index (χ1v) is 5.38. The number of alkyl halides is 3. The van der Waals surface area contributed by atoms with Crippen LogP contribution in [0.4, 0.5) is 18.9 Å². The minimum atomic E-state index is -4.44. The van der Waals surface area contributed by atoms with E-state index in [1.165, 1.54) is 30.2 Å². The molecule has 0 aliphatic rings. The zero-order valence-corrected chi connectivity index (χ0v) is 10.1. The van der Waals surface area contributed by atoms with Crippen LogP contribution in [0.5, 0.6) is 0 Å². The highest BCUT2D eigenvalue weighted by atomic mass is 19.4. The van der Waals surface area contributed by atoms with Gasteiger partial charge >= 0.3 is 12.1 Å². The van der Waals surface area contributed by atoms with E-state index in [0.717, 1.165) is 6.07 Å². The summed E-state index contributed by atoms with van der Waals surface area (Å²) >= 11 is 0. The molecule has 0 spiro atoms. The lowest BCUT2D eigenvalue weighted by atomic mass is 10.1. The van der Waals surface area contributed by atoms with Crippen molar-refractivity contribution in [2.45, 2.75) is 13.1 Å². The Morgan fingerprint density at radius 2 is 1.94 bits per heavy atom. The van der Waals surface area contributed by atoms with Crippen LogP contribution in [-0.4, -0.2) is 26.2 Å². The van der Waals surface area contributed by atoms with Crippen molar-refractivity contribution in [1.29, 1.82) is 0 Å². The van der Waals surface area contributed by atoms with Gasteiger partial charge in [0.2, 0.25) is 0 Å². The van der Waals surface area contributed by atoms with E-state index in [-0.39, 0.29) is 18.8 Å². The molecule has 18 heavy (non-hydrogen) atoms. The van der Waals surface area contributed by atoms with E-state index in [2.05, 4.69) is 4.74 Å². The van der Waals surface area contributed by atoms with E-state index < -0.39 is 17.7 Å². The Hall–Kier alpha value is -1.72. The van der Waals surface area contributed by atoms with Gasteiger partial charge in [0.1, 0.15) is 6.54 Å². The van der Waals surface area contributed by atoms with Gasteiger partial charge in [0.05, 0.1) is 12.7 Å². The van der Waals surface area contributed by atoms with Gasteiger partial charge in [0.25, 0.3) is 0 Å². The molecule has 0 radical (unpaired) electrons. The van der Waals surface area contributed by atoms with Crippen LogP contribution in [0.1, 0.15) is 12.5 Å². The number of hydrogen-bond acceptors (Lipinski definition) is 3. The molecule has 100 valence electrons. The molecule has 0 N–H and O–H groups in total. The fourth-order valence-corrected chi connectivity index (χ4v) is 1.58. The van der Waals surface area contributed by atoms with E-state index in [1.54, 1.807) is 6.92 Å². The number of hydrogen-bond donors (Lipinski definition) is 0. The molecule has 0 bridgehead atoms. The average molecular weight is 261 g/mol. The highest BCUT2D eigenvalue weighted by Gasteiger charge is 2.34. The number of carbonyl (C=O) groups excluding carboxylic acids is 1. The average Bonchev–Trinajstić information content (AvgIpc) is 2.34. The molecule has 0 saturated carbocycles. The Balaban J connectivity index is 3.10.